The zero-order chi connectivity index (χ0) is 13.8. The molecule has 0 aliphatic carbocycles. The van der Waals surface area contributed by atoms with Crippen molar-refractivity contribution in [1.29, 1.82) is 0 Å². The predicted octanol–water partition coefficient (Wildman–Crippen LogP) is 4.28. The topological polar surface area (TPSA) is 29.5 Å². The molecule has 0 amide bonds. The van der Waals surface area contributed by atoms with Crippen LogP contribution in [0.2, 0.25) is 5.02 Å². The Morgan fingerprint density at radius 1 is 1.21 bits per heavy atom. The van der Waals surface area contributed by atoms with Crippen LogP contribution >= 0.6 is 11.6 Å². The lowest BCUT2D eigenvalue weighted by molar-refractivity contribution is 0.199. The van der Waals surface area contributed by atoms with E-state index in [1.807, 2.05) is 31.2 Å². The van der Waals surface area contributed by atoms with E-state index in [2.05, 4.69) is 6.07 Å². The van der Waals surface area contributed by atoms with Gasteiger partial charge < -0.3 is 9.84 Å². The first kappa shape index (κ1) is 13.9. The molecule has 0 aliphatic heterocycles. The molecule has 0 aliphatic rings. The summed E-state index contributed by atoms with van der Waals surface area (Å²) in [5.41, 5.74) is 3.10. The summed E-state index contributed by atoms with van der Waals surface area (Å²) >= 11 is 6.13. The second kappa shape index (κ2) is 6.09. The summed E-state index contributed by atoms with van der Waals surface area (Å²) < 4.78 is 5.70. The molecule has 0 radical (unpaired) electrons. The van der Waals surface area contributed by atoms with Crippen LogP contribution in [0.4, 0.5) is 0 Å². The molecular formula is C16H17ClO2. The van der Waals surface area contributed by atoms with Gasteiger partial charge in [-0.25, -0.2) is 0 Å². The molecule has 1 N–H and O–H groups in total. The third kappa shape index (κ3) is 3.72. The molecule has 19 heavy (non-hydrogen) atoms. The second-order valence-corrected chi connectivity index (χ2v) is 5.05. The van der Waals surface area contributed by atoms with Crippen molar-refractivity contribution < 1.29 is 9.84 Å². The first-order valence-electron chi connectivity index (χ1n) is 6.22. The molecule has 0 unspecified atom stereocenters. The standard InChI is InChI=1S/C16H17ClO2/c1-11-4-3-5-13(8-11)10-19-16-7-6-14(12(2)18)9-15(16)17/h3-9,12,18H,10H2,1-2H3/t12-/m0/s1. The number of aliphatic hydroxyl groups excluding tert-OH is 1. The number of hydrogen-bond acceptors (Lipinski definition) is 2. The molecule has 0 bridgehead atoms. The van der Waals surface area contributed by atoms with Crippen LogP contribution in [-0.4, -0.2) is 5.11 Å². The van der Waals surface area contributed by atoms with Gasteiger partial charge in [-0.3, -0.25) is 0 Å². The molecule has 0 saturated heterocycles. The average molecular weight is 277 g/mol. The molecule has 1 atom stereocenters. The lowest BCUT2D eigenvalue weighted by Crippen LogP contribution is -1.97. The number of aliphatic hydroxyl groups is 1. The maximum absolute atomic E-state index is 9.48. The fourth-order valence-corrected chi connectivity index (χ4v) is 2.10. The van der Waals surface area contributed by atoms with Gasteiger partial charge in [0, 0.05) is 0 Å². The van der Waals surface area contributed by atoms with Crippen LogP contribution in [-0.2, 0) is 6.61 Å². The van der Waals surface area contributed by atoms with Gasteiger partial charge in [0.05, 0.1) is 11.1 Å². The van der Waals surface area contributed by atoms with E-state index >= 15 is 0 Å². The van der Waals surface area contributed by atoms with E-state index in [1.54, 1.807) is 19.1 Å². The molecule has 100 valence electrons. The van der Waals surface area contributed by atoms with Gasteiger partial charge in [-0.1, -0.05) is 47.5 Å². The SMILES string of the molecule is Cc1cccc(COc2ccc([C@H](C)O)cc2Cl)c1. The van der Waals surface area contributed by atoms with Crippen molar-refractivity contribution in [3.63, 3.8) is 0 Å². The minimum atomic E-state index is -0.525. The zero-order valence-electron chi connectivity index (χ0n) is 11.1. The average Bonchev–Trinajstić information content (AvgIpc) is 2.37. The Morgan fingerprint density at radius 3 is 2.63 bits per heavy atom. The van der Waals surface area contributed by atoms with Gasteiger partial charge in [-0.05, 0) is 37.1 Å². The number of hydrogen-bond donors (Lipinski definition) is 1. The highest BCUT2D eigenvalue weighted by Crippen LogP contribution is 2.28. The van der Waals surface area contributed by atoms with Gasteiger partial charge in [0.1, 0.15) is 12.4 Å². The van der Waals surface area contributed by atoms with Crippen LogP contribution < -0.4 is 4.74 Å². The van der Waals surface area contributed by atoms with Crippen LogP contribution in [0.15, 0.2) is 42.5 Å². The Morgan fingerprint density at radius 2 is 2.00 bits per heavy atom. The maximum Gasteiger partial charge on any atom is 0.138 e. The smallest absolute Gasteiger partial charge is 0.138 e. The number of benzene rings is 2. The van der Waals surface area contributed by atoms with Crippen molar-refractivity contribution in [2.75, 3.05) is 0 Å². The van der Waals surface area contributed by atoms with Crippen LogP contribution in [0, 0.1) is 6.92 Å². The molecule has 2 aromatic carbocycles. The van der Waals surface area contributed by atoms with E-state index < -0.39 is 6.10 Å². The van der Waals surface area contributed by atoms with Crippen LogP contribution in [0.1, 0.15) is 29.7 Å². The Labute approximate surface area is 118 Å². The molecule has 2 aromatic rings. The van der Waals surface area contributed by atoms with E-state index in [-0.39, 0.29) is 0 Å². The van der Waals surface area contributed by atoms with Gasteiger partial charge in [-0.15, -0.1) is 0 Å². The number of ether oxygens (including phenoxy) is 1. The highest BCUT2D eigenvalue weighted by Gasteiger charge is 2.06. The molecule has 2 nitrogen and oxygen atoms in total. The molecular weight excluding hydrogens is 260 g/mol. The van der Waals surface area contributed by atoms with Gasteiger partial charge in [-0.2, -0.15) is 0 Å². The third-order valence-corrected chi connectivity index (χ3v) is 3.21. The van der Waals surface area contributed by atoms with Gasteiger partial charge in [0.15, 0.2) is 0 Å². The Kier molecular flexibility index (Phi) is 4.46. The van der Waals surface area contributed by atoms with Crippen molar-refractivity contribution in [3.8, 4) is 5.75 Å². The van der Waals surface area contributed by atoms with E-state index in [1.165, 1.54) is 5.56 Å². The summed E-state index contributed by atoms with van der Waals surface area (Å²) in [5.74, 6) is 0.632. The highest BCUT2D eigenvalue weighted by molar-refractivity contribution is 6.32. The van der Waals surface area contributed by atoms with E-state index in [0.717, 1.165) is 11.1 Å². The third-order valence-electron chi connectivity index (χ3n) is 2.92. The number of rotatable bonds is 4. The van der Waals surface area contributed by atoms with E-state index in [4.69, 9.17) is 16.3 Å². The highest BCUT2D eigenvalue weighted by atomic mass is 35.5. The zero-order valence-corrected chi connectivity index (χ0v) is 11.8. The fourth-order valence-electron chi connectivity index (χ4n) is 1.86. The summed E-state index contributed by atoms with van der Waals surface area (Å²) in [6.07, 6.45) is -0.525. The molecule has 0 heterocycles. The molecule has 0 spiro atoms. The van der Waals surface area contributed by atoms with Crippen LogP contribution in [0.5, 0.6) is 5.75 Å². The lowest BCUT2D eigenvalue weighted by atomic mass is 10.1. The summed E-state index contributed by atoms with van der Waals surface area (Å²) in [7, 11) is 0. The Balaban J connectivity index is 2.07. The van der Waals surface area contributed by atoms with Crippen molar-refractivity contribution >= 4 is 11.6 Å². The number of aryl methyl sites for hydroxylation is 1. The minimum Gasteiger partial charge on any atom is -0.487 e. The van der Waals surface area contributed by atoms with Crippen molar-refractivity contribution in [2.24, 2.45) is 0 Å². The van der Waals surface area contributed by atoms with Gasteiger partial charge >= 0.3 is 0 Å². The van der Waals surface area contributed by atoms with Gasteiger partial charge in [0.2, 0.25) is 0 Å². The van der Waals surface area contributed by atoms with E-state index in [0.29, 0.717) is 17.4 Å². The minimum absolute atomic E-state index is 0.482. The quantitative estimate of drug-likeness (QED) is 0.903. The normalized spacial score (nSPS) is 12.2. The molecule has 0 saturated carbocycles. The molecule has 0 aromatic heterocycles. The van der Waals surface area contributed by atoms with Crippen molar-refractivity contribution in [2.45, 2.75) is 26.6 Å². The van der Waals surface area contributed by atoms with E-state index in [9.17, 15) is 5.11 Å². The summed E-state index contributed by atoms with van der Waals surface area (Å²) in [6, 6.07) is 13.5. The Bertz CT molecular complexity index is 564. The molecule has 0 fully saturated rings. The lowest BCUT2D eigenvalue weighted by Gasteiger charge is -2.11. The number of halogens is 1. The van der Waals surface area contributed by atoms with Crippen LogP contribution in [0.25, 0.3) is 0 Å². The van der Waals surface area contributed by atoms with Crippen molar-refractivity contribution in [3.05, 3.63) is 64.2 Å². The molecule has 2 rings (SSSR count). The summed E-state index contributed by atoms with van der Waals surface area (Å²) in [4.78, 5) is 0. The molecule has 3 heteroatoms. The second-order valence-electron chi connectivity index (χ2n) is 4.64. The maximum atomic E-state index is 9.48. The predicted molar refractivity (Wildman–Crippen MR) is 77.6 cm³/mol. The van der Waals surface area contributed by atoms with Crippen LogP contribution in [0.3, 0.4) is 0 Å². The first-order chi connectivity index (χ1) is 9.06. The summed E-state index contributed by atoms with van der Waals surface area (Å²) in [5, 5.41) is 10.00. The fraction of sp³-hybridized carbons (Fsp3) is 0.250. The monoisotopic (exact) mass is 276 g/mol. The van der Waals surface area contributed by atoms with Gasteiger partial charge in [0.25, 0.3) is 0 Å². The Hall–Kier alpha value is -1.51. The first-order valence-corrected chi connectivity index (χ1v) is 6.60. The van der Waals surface area contributed by atoms with Crippen molar-refractivity contribution in [1.82, 2.24) is 0 Å². The summed E-state index contributed by atoms with van der Waals surface area (Å²) in [6.45, 7) is 4.24. The largest absolute Gasteiger partial charge is 0.487 e.